The van der Waals surface area contributed by atoms with Crippen molar-refractivity contribution < 1.29 is 23.0 Å². The Balaban J connectivity index is 3.55. The van der Waals surface area contributed by atoms with E-state index in [4.69, 9.17) is 9.47 Å². The lowest BCUT2D eigenvalue weighted by Crippen LogP contribution is -2.05. The minimum Gasteiger partial charge on any atom is -0.496 e. The van der Waals surface area contributed by atoms with Crippen LogP contribution in [0.1, 0.15) is 18.6 Å². The normalized spacial score (nSPS) is 13.2. The molecular weight excluding hydrogens is 244 g/mol. The maximum Gasteiger partial charge on any atom is 0.179 e. The van der Waals surface area contributed by atoms with Gasteiger partial charge >= 0.3 is 0 Å². The van der Waals surface area contributed by atoms with Crippen LogP contribution in [0, 0.1) is 0 Å². The number of benzene rings is 1. The molecule has 0 bridgehead atoms. The van der Waals surface area contributed by atoms with E-state index < -0.39 is 15.9 Å². The molecule has 0 spiro atoms. The number of sulfone groups is 1. The molecule has 1 N–H and O–H groups in total. The van der Waals surface area contributed by atoms with Crippen LogP contribution >= 0.6 is 0 Å². The number of hydrogen-bond donors (Lipinski definition) is 1. The summed E-state index contributed by atoms with van der Waals surface area (Å²) < 4.78 is 33.2. The number of rotatable bonds is 4. The Bertz CT molecular complexity index is 505. The van der Waals surface area contributed by atoms with Gasteiger partial charge in [0.2, 0.25) is 0 Å². The molecule has 0 amide bonds. The topological polar surface area (TPSA) is 72.8 Å². The number of ether oxygens (including phenoxy) is 2. The number of aliphatic hydroxyl groups excluding tert-OH is 1. The molecule has 0 aliphatic carbocycles. The van der Waals surface area contributed by atoms with Gasteiger partial charge in [-0.1, -0.05) is 0 Å². The molecule has 0 aromatic heterocycles. The van der Waals surface area contributed by atoms with Crippen LogP contribution in [-0.2, 0) is 9.84 Å². The van der Waals surface area contributed by atoms with E-state index in [9.17, 15) is 13.5 Å². The van der Waals surface area contributed by atoms with Crippen molar-refractivity contribution in [3.8, 4) is 11.5 Å². The quantitative estimate of drug-likeness (QED) is 0.879. The van der Waals surface area contributed by atoms with Gasteiger partial charge < -0.3 is 14.6 Å². The molecule has 5 nitrogen and oxygen atoms in total. The van der Waals surface area contributed by atoms with Crippen molar-refractivity contribution in [1.82, 2.24) is 0 Å². The molecule has 0 saturated heterocycles. The first-order chi connectivity index (χ1) is 7.81. The summed E-state index contributed by atoms with van der Waals surface area (Å²) in [5, 5.41) is 9.56. The van der Waals surface area contributed by atoms with Crippen LogP contribution in [0.15, 0.2) is 17.0 Å². The molecule has 0 radical (unpaired) electrons. The van der Waals surface area contributed by atoms with E-state index in [2.05, 4.69) is 0 Å². The second-order valence-electron chi connectivity index (χ2n) is 3.69. The smallest absolute Gasteiger partial charge is 0.179 e. The third kappa shape index (κ3) is 2.89. The van der Waals surface area contributed by atoms with Gasteiger partial charge in [-0.05, 0) is 13.0 Å². The fourth-order valence-corrected chi connectivity index (χ4v) is 2.34. The van der Waals surface area contributed by atoms with Crippen molar-refractivity contribution in [2.75, 3.05) is 20.5 Å². The van der Waals surface area contributed by atoms with Gasteiger partial charge in [0, 0.05) is 17.9 Å². The predicted octanol–water partition coefficient (Wildman–Crippen LogP) is 1.16. The summed E-state index contributed by atoms with van der Waals surface area (Å²) in [4.78, 5) is 0.0428. The molecule has 1 rings (SSSR count). The van der Waals surface area contributed by atoms with E-state index in [1.807, 2.05) is 0 Å². The Morgan fingerprint density at radius 1 is 1.18 bits per heavy atom. The molecule has 1 aromatic carbocycles. The summed E-state index contributed by atoms with van der Waals surface area (Å²) in [6.07, 6.45) is 0.319. The highest BCUT2D eigenvalue weighted by Crippen LogP contribution is 2.35. The van der Waals surface area contributed by atoms with Crippen molar-refractivity contribution in [3.63, 3.8) is 0 Å². The van der Waals surface area contributed by atoms with Gasteiger partial charge in [-0.25, -0.2) is 8.42 Å². The molecule has 0 aliphatic rings. The lowest BCUT2D eigenvalue weighted by Gasteiger charge is -2.15. The largest absolute Gasteiger partial charge is 0.496 e. The first-order valence-corrected chi connectivity index (χ1v) is 6.84. The first kappa shape index (κ1) is 13.8. The van der Waals surface area contributed by atoms with E-state index in [-0.39, 0.29) is 10.6 Å². The SMILES string of the molecule is COc1cc(S(C)(=O)=O)c(OC)cc1C(C)O. The monoisotopic (exact) mass is 260 g/mol. The van der Waals surface area contributed by atoms with Gasteiger partial charge in [0.25, 0.3) is 0 Å². The molecular formula is C11H16O5S. The Morgan fingerprint density at radius 3 is 2.06 bits per heavy atom. The fraction of sp³-hybridized carbons (Fsp3) is 0.455. The summed E-state index contributed by atoms with van der Waals surface area (Å²) in [7, 11) is -0.614. The number of methoxy groups -OCH3 is 2. The fourth-order valence-electron chi connectivity index (χ4n) is 1.51. The third-order valence-corrected chi connectivity index (χ3v) is 3.48. The van der Waals surface area contributed by atoms with Crippen LogP contribution in [0.5, 0.6) is 11.5 Å². The lowest BCUT2D eigenvalue weighted by atomic mass is 10.1. The van der Waals surface area contributed by atoms with Crippen LogP contribution in [0.25, 0.3) is 0 Å². The molecule has 6 heteroatoms. The zero-order valence-corrected chi connectivity index (χ0v) is 11.0. The molecule has 0 fully saturated rings. The molecule has 0 saturated carbocycles. The number of hydrogen-bond acceptors (Lipinski definition) is 5. The summed E-state index contributed by atoms with van der Waals surface area (Å²) in [5.74, 6) is 0.519. The predicted molar refractivity (Wildman–Crippen MR) is 63.3 cm³/mol. The van der Waals surface area contributed by atoms with Crippen LogP contribution in [-0.4, -0.2) is 34.0 Å². The molecule has 1 unspecified atom stereocenters. The van der Waals surface area contributed by atoms with Crippen LogP contribution in [0.2, 0.25) is 0 Å². The molecule has 17 heavy (non-hydrogen) atoms. The summed E-state index contributed by atoms with van der Waals surface area (Å²) in [6.45, 7) is 1.57. The number of aliphatic hydroxyl groups is 1. The lowest BCUT2D eigenvalue weighted by molar-refractivity contribution is 0.193. The van der Waals surface area contributed by atoms with Crippen LogP contribution < -0.4 is 9.47 Å². The zero-order valence-electron chi connectivity index (χ0n) is 10.2. The second kappa shape index (κ2) is 4.93. The van der Waals surface area contributed by atoms with Crippen molar-refractivity contribution in [2.45, 2.75) is 17.9 Å². The summed E-state index contributed by atoms with van der Waals surface area (Å²) >= 11 is 0. The summed E-state index contributed by atoms with van der Waals surface area (Å²) in [5.41, 5.74) is 0.483. The molecule has 1 atom stereocenters. The highest BCUT2D eigenvalue weighted by Gasteiger charge is 2.20. The van der Waals surface area contributed by atoms with Crippen molar-refractivity contribution in [3.05, 3.63) is 17.7 Å². The van der Waals surface area contributed by atoms with E-state index in [1.165, 1.54) is 26.4 Å². The van der Waals surface area contributed by atoms with Gasteiger partial charge in [-0.3, -0.25) is 0 Å². The average Bonchev–Trinajstić information content (AvgIpc) is 2.25. The molecule has 1 aromatic rings. The molecule has 96 valence electrons. The maximum absolute atomic E-state index is 11.6. The van der Waals surface area contributed by atoms with Crippen LogP contribution in [0.4, 0.5) is 0 Å². The van der Waals surface area contributed by atoms with E-state index >= 15 is 0 Å². The summed E-state index contributed by atoms with van der Waals surface area (Å²) in [6, 6.07) is 2.83. The minimum absolute atomic E-state index is 0.0428. The van der Waals surface area contributed by atoms with Gasteiger partial charge in [-0.2, -0.15) is 0 Å². The minimum atomic E-state index is -3.41. The van der Waals surface area contributed by atoms with Gasteiger partial charge in [-0.15, -0.1) is 0 Å². The third-order valence-electron chi connectivity index (χ3n) is 2.37. The van der Waals surface area contributed by atoms with E-state index in [0.29, 0.717) is 11.3 Å². The van der Waals surface area contributed by atoms with Crippen LogP contribution in [0.3, 0.4) is 0 Å². The van der Waals surface area contributed by atoms with Gasteiger partial charge in [0.1, 0.15) is 16.4 Å². The second-order valence-corrected chi connectivity index (χ2v) is 5.68. The highest BCUT2D eigenvalue weighted by molar-refractivity contribution is 7.90. The van der Waals surface area contributed by atoms with Gasteiger partial charge in [0.15, 0.2) is 9.84 Å². The average molecular weight is 260 g/mol. The van der Waals surface area contributed by atoms with Crippen molar-refractivity contribution in [2.24, 2.45) is 0 Å². The maximum atomic E-state index is 11.6. The first-order valence-electron chi connectivity index (χ1n) is 4.95. The zero-order chi connectivity index (χ0) is 13.2. The Morgan fingerprint density at radius 2 is 1.71 bits per heavy atom. The molecule has 0 aliphatic heterocycles. The van der Waals surface area contributed by atoms with Crippen molar-refractivity contribution >= 4 is 9.84 Å². The van der Waals surface area contributed by atoms with E-state index in [0.717, 1.165) is 6.26 Å². The standard InChI is InChI=1S/C11H16O5S/c1-7(12)8-5-10(16-3)11(17(4,13)14)6-9(8)15-2/h5-7,12H,1-4H3. The Hall–Kier alpha value is -1.27. The highest BCUT2D eigenvalue weighted by atomic mass is 32.2. The molecule has 0 heterocycles. The van der Waals surface area contributed by atoms with E-state index in [1.54, 1.807) is 6.92 Å². The van der Waals surface area contributed by atoms with Gasteiger partial charge in [0.05, 0.1) is 20.3 Å². The Kier molecular flexibility index (Phi) is 4.00. The van der Waals surface area contributed by atoms with Crippen molar-refractivity contribution in [1.29, 1.82) is 0 Å². The Labute approximate surface area is 101 Å².